The molecule has 0 aliphatic heterocycles. The number of nitrogens with zero attached hydrogens (tertiary/aromatic N) is 1. The lowest BCUT2D eigenvalue weighted by atomic mass is 10.1. The largest absolute Gasteiger partial charge is 0.481 e. The van der Waals surface area contributed by atoms with E-state index in [1.165, 1.54) is 0 Å². The highest BCUT2D eigenvalue weighted by Gasteiger charge is 2.22. The van der Waals surface area contributed by atoms with E-state index >= 15 is 0 Å². The van der Waals surface area contributed by atoms with E-state index in [1.807, 2.05) is 0 Å². The standard InChI is InChI=1S/C9H7Cl2F2NO2/c10-2-4-5(11)3-14-6(1-7(15)16)8(4)9(12)13/h3,9H,1-2H2,(H,15,16). The molecule has 0 aromatic carbocycles. The number of carboxylic acids is 1. The molecule has 0 saturated carbocycles. The Labute approximate surface area is 100 Å². The average Bonchev–Trinajstić information content (AvgIpc) is 2.18. The molecule has 7 heteroatoms. The molecule has 16 heavy (non-hydrogen) atoms. The van der Waals surface area contributed by atoms with Gasteiger partial charge in [0.15, 0.2) is 0 Å². The van der Waals surface area contributed by atoms with Crippen molar-refractivity contribution in [3.05, 3.63) is 28.0 Å². The molecule has 88 valence electrons. The monoisotopic (exact) mass is 269 g/mol. The second kappa shape index (κ2) is 5.41. The molecular formula is C9H7Cl2F2NO2. The van der Waals surface area contributed by atoms with Crippen molar-refractivity contribution in [1.29, 1.82) is 0 Å². The van der Waals surface area contributed by atoms with Crippen molar-refractivity contribution in [3.8, 4) is 0 Å². The minimum atomic E-state index is -2.85. The second-order valence-electron chi connectivity index (χ2n) is 2.95. The first kappa shape index (κ1) is 13.1. The highest BCUT2D eigenvalue weighted by atomic mass is 35.5. The van der Waals surface area contributed by atoms with Crippen LogP contribution in [0.3, 0.4) is 0 Å². The number of rotatable bonds is 4. The van der Waals surface area contributed by atoms with Crippen LogP contribution in [0.4, 0.5) is 8.78 Å². The number of hydrogen-bond acceptors (Lipinski definition) is 2. The van der Waals surface area contributed by atoms with Crippen molar-refractivity contribution in [2.45, 2.75) is 18.7 Å². The lowest BCUT2D eigenvalue weighted by Crippen LogP contribution is -2.09. The van der Waals surface area contributed by atoms with Gasteiger partial charge in [-0.3, -0.25) is 9.78 Å². The first-order chi connectivity index (χ1) is 7.47. The highest BCUT2D eigenvalue weighted by Crippen LogP contribution is 2.31. The molecule has 0 unspecified atom stereocenters. The van der Waals surface area contributed by atoms with Crippen LogP contribution in [-0.4, -0.2) is 16.1 Å². The maximum atomic E-state index is 12.8. The topological polar surface area (TPSA) is 50.2 Å². The number of aliphatic carboxylic acids is 1. The van der Waals surface area contributed by atoms with Crippen molar-refractivity contribution < 1.29 is 18.7 Å². The van der Waals surface area contributed by atoms with Gasteiger partial charge >= 0.3 is 5.97 Å². The number of halogens is 4. The number of hydrogen-bond donors (Lipinski definition) is 1. The smallest absolute Gasteiger partial charge is 0.309 e. The van der Waals surface area contributed by atoms with E-state index < -0.39 is 24.4 Å². The SMILES string of the molecule is O=C(O)Cc1ncc(Cl)c(CCl)c1C(F)F. The fourth-order valence-corrected chi connectivity index (χ4v) is 1.84. The first-order valence-corrected chi connectivity index (χ1v) is 5.10. The number of carbonyl (C=O) groups is 1. The van der Waals surface area contributed by atoms with E-state index in [9.17, 15) is 13.6 Å². The normalized spacial score (nSPS) is 10.8. The van der Waals surface area contributed by atoms with Crippen LogP contribution < -0.4 is 0 Å². The summed E-state index contributed by atoms with van der Waals surface area (Å²) in [5.41, 5.74) is -0.656. The maximum Gasteiger partial charge on any atom is 0.309 e. The lowest BCUT2D eigenvalue weighted by Gasteiger charge is -2.11. The Morgan fingerprint density at radius 2 is 2.19 bits per heavy atom. The van der Waals surface area contributed by atoms with Gasteiger partial charge in [-0.05, 0) is 5.56 Å². The summed E-state index contributed by atoms with van der Waals surface area (Å²) in [6.07, 6.45) is -2.31. The van der Waals surface area contributed by atoms with E-state index in [0.717, 1.165) is 6.20 Å². The van der Waals surface area contributed by atoms with Crippen molar-refractivity contribution in [3.63, 3.8) is 0 Å². The Kier molecular flexibility index (Phi) is 4.44. The van der Waals surface area contributed by atoms with Gasteiger partial charge in [0.05, 0.1) is 17.1 Å². The third-order valence-electron chi connectivity index (χ3n) is 1.93. The molecule has 0 fully saturated rings. The summed E-state index contributed by atoms with van der Waals surface area (Å²) >= 11 is 11.2. The summed E-state index contributed by atoms with van der Waals surface area (Å²) in [5.74, 6) is -1.45. The number of alkyl halides is 3. The van der Waals surface area contributed by atoms with Crippen LogP contribution >= 0.6 is 23.2 Å². The van der Waals surface area contributed by atoms with Gasteiger partial charge in [-0.25, -0.2) is 8.78 Å². The van der Waals surface area contributed by atoms with Crippen molar-refractivity contribution >= 4 is 29.2 Å². The number of aromatic nitrogens is 1. The molecule has 0 bridgehead atoms. The van der Waals surface area contributed by atoms with Crippen LogP contribution in [0, 0.1) is 0 Å². The minimum absolute atomic E-state index is 0.0134. The van der Waals surface area contributed by atoms with Crippen LogP contribution in [0.15, 0.2) is 6.20 Å². The molecule has 1 heterocycles. The van der Waals surface area contributed by atoms with E-state index in [-0.39, 0.29) is 22.2 Å². The van der Waals surface area contributed by atoms with Crippen molar-refractivity contribution in [2.75, 3.05) is 0 Å². The summed E-state index contributed by atoms with van der Waals surface area (Å²) < 4.78 is 25.5. The van der Waals surface area contributed by atoms with Crippen LogP contribution in [0.2, 0.25) is 5.02 Å². The summed E-state index contributed by atoms with van der Waals surface area (Å²) in [6, 6.07) is 0. The number of pyridine rings is 1. The van der Waals surface area contributed by atoms with Gasteiger partial charge in [0.25, 0.3) is 6.43 Å². The molecule has 1 aromatic heterocycles. The van der Waals surface area contributed by atoms with Crippen LogP contribution in [0.25, 0.3) is 0 Å². The van der Waals surface area contributed by atoms with E-state index in [1.54, 1.807) is 0 Å². The van der Waals surface area contributed by atoms with Gasteiger partial charge in [0.1, 0.15) is 0 Å². The zero-order valence-corrected chi connectivity index (χ0v) is 9.40. The zero-order valence-electron chi connectivity index (χ0n) is 7.88. The molecule has 0 radical (unpaired) electrons. The Bertz CT molecular complexity index is 413. The predicted octanol–water partition coefficient (Wildman–Crippen LogP) is 3.04. The summed E-state index contributed by atoms with van der Waals surface area (Å²) in [5, 5.41) is 8.57. The van der Waals surface area contributed by atoms with E-state index in [4.69, 9.17) is 28.3 Å². The van der Waals surface area contributed by atoms with Crippen molar-refractivity contribution in [2.24, 2.45) is 0 Å². The highest BCUT2D eigenvalue weighted by molar-refractivity contribution is 6.32. The van der Waals surface area contributed by atoms with Crippen LogP contribution in [0.5, 0.6) is 0 Å². The van der Waals surface area contributed by atoms with Crippen LogP contribution in [0.1, 0.15) is 23.2 Å². The molecule has 0 saturated heterocycles. The fraction of sp³-hybridized carbons (Fsp3) is 0.333. The van der Waals surface area contributed by atoms with Gasteiger partial charge in [-0.15, -0.1) is 11.6 Å². The third-order valence-corrected chi connectivity index (χ3v) is 2.52. The molecule has 1 N–H and O–H groups in total. The Balaban J connectivity index is 3.32. The molecule has 1 aromatic rings. The summed E-state index contributed by atoms with van der Waals surface area (Å²) in [4.78, 5) is 14.1. The van der Waals surface area contributed by atoms with Gasteiger partial charge in [-0.2, -0.15) is 0 Å². The van der Waals surface area contributed by atoms with Gasteiger partial charge in [-0.1, -0.05) is 11.6 Å². The first-order valence-electron chi connectivity index (χ1n) is 4.19. The molecule has 0 amide bonds. The molecule has 0 spiro atoms. The zero-order chi connectivity index (χ0) is 12.3. The average molecular weight is 270 g/mol. The van der Waals surface area contributed by atoms with Gasteiger partial charge < -0.3 is 5.11 Å². The Hall–Kier alpha value is -0.940. The third kappa shape index (κ3) is 2.80. The summed E-state index contributed by atoms with van der Waals surface area (Å²) in [7, 11) is 0. The molecule has 0 aliphatic rings. The molecular weight excluding hydrogens is 263 g/mol. The number of carboxylic acid groups (broad SMARTS) is 1. The molecule has 0 atom stereocenters. The second-order valence-corrected chi connectivity index (χ2v) is 3.62. The fourth-order valence-electron chi connectivity index (χ4n) is 1.26. The maximum absolute atomic E-state index is 12.8. The Morgan fingerprint density at radius 3 is 2.62 bits per heavy atom. The molecule has 3 nitrogen and oxygen atoms in total. The molecule has 1 rings (SSSR count). The van der Waals surface area contributed by atoms with Crippen LogP contribution in [-0.2, 0) is 17.1 Å². The van der Waals surface area contributed by atoms with Gasteiger partial charge in [0, 0.05) is 17.6 Å². The van der Waals surface area contributed by atoms with E-state index in [0.29, 0.717) is 0 Å². The Morgan fingerprint density at radius 1 is 1.56 bits per heavy atom. The van der Waals surface area contributed by atoms with Gasteiger partial charge in [0.2, 0.25) is 0 Å². The van der Waals surface area contributed by atoms with E-state index in [2.05, 4.69) is 4.98 Å². The predicted molar refractivity (Wildman–Crippen MR) is 55.1 cm³/mol. The lowest BCUT2D eigenvalue weighted by molar-refractivity contribution is -0.136. The summed E-state index contributed by atoms with van der Waals surface area (Å²) in [6.45, 7) is 0. The minimum Gasteiger partial charge on any atom is -0.481 e. The molecule has 0 aliphatic carbocycles. The van der Waals surface area contributed by atoms with Crippen molar-refractivity contribution in [1.82, 2.24) is 4.98 Å². The quantitative estimate of drug-likeness (QED) is 0.855.